The second-order valence-electron chi connectivity index (χ2n) is 9.47. The van der Waals surface area contributed by atoms with Gasteiger partial charge in [-0.2, -0.15) is 18.3 Å². The number of hydrogen-bond acceptors (Lipinski definition) is 4. The summed E-state index contributed by atoms with van der Waals surface area (Å²) in [5.74, 6) is -0.145. The number of benzene rings is 1. The molecule has 10 heteroatoms. The molecule has 33 heavy (non-hydrogen) atoms. The number of piperidine rings is 1. The molecule has 1 aromatic heterocycles. The molecule has 2 atom stereocenters. The van der Waals surface area contributed by atoms with Crippen LogP contribution in [0, 0.1) is 0 Å². The zero-order chi connectivity index (χ0) is 23.8. The molecule has 2 amide bonds. The van der Waals surface area contributed by atoms with E-state index in [2.05, 4.69) is 10.2 Å². The van der Waals surface area contributed by atoms with Gasteiger partial charge in [0.15, 0.2) is 0 Å². The van der Waals surface area contributed by atoms with E-state index in [9.17, 15) is 18.0 Å². The number of urea groups is 1. The average Bonchev–Trinajstić information content (AvgIpc) is 3.29. The van der Waals surface area contributed by atoms with Crippen molar-refractivity contribution in [2.75, 3.05) is 39.4 Å². The number of nitrogens with one attached hydrogen (secondary N) is 1. The Morgan fingerprint density at radius 1 is 1.09 bits per heavy atom. The lowest BCUT2D eigenvalue weighted by Gasteiger charge is -2.41. The number of alkyl halides is 3. The van der Waals surface area contributed by atoms with Crippen molar-refractivity contribution in [2.24, 2.45) is 5.73 Å². The zero-order valence-electron chi connectivity index (χ0n) is 18.9. The van der Waals surface area contributed by atoms with E-state index in [1.54, 1.807) is 9.80 Å². The molecule has 3 heterocycles. The monoisotopic (exact) mass is 465 g/mol. The molecule has 0 radical (unpaired) electrons. The number of amides is 2. The summed E-state index contributed by atoms with van der Waals surface area (Å²) in [7, 11) is 0. The smallest absolute Gasteiger partial charge is 0.378 e. The van der Waals surface area contributed by atoms with Crippen molar-refractivity contribution in [3.05, 3.63) is 52.8 Å². The number of likely N-dealkylation sites (tertiary alicyclic amines) is 1. The maximum absolute atomic E-state index is 13.3. The fraction of sp³-hybridized carbons (Fsp3) is 0.565. The van der Waals surface area contributed by atoms with Crippen LogP contribution in [0.3, 0.4) is 0 Å². The second kappa shape index (κ2) is 8.98. The molecule has 0 bridgehead atoms. The molecule has 0 aliphatic carbocycles. The molecule has 180 valence electrons. The van der Waals surface area contributed by atoms with Crippen molar-refractivity contribution in [1.82, 2.24) is 20.0 Å². The number of morpholine rings is 1. The van der Waals surface area contributed by atoms with Crippen molar-refractivity contribution in [1.29, 1.82) is 0 Å². The zero-order valence-corrected chi connectivity index (χ0v) is 18.9. The van der Waals surface area contributed by atoms with Crippen LogP contribution in [0.1, 0.15) is 54.6 Å². The Labute approximate surface area is 191 Å². The predicted molar refractivity (Wildman–Crippen MR) is 117 cm³/mol. The number of rotatable bonds is 3. The molecule has 2 aliphatic heterocycles. The Bertz CT molecular complexity index is 962. The summed E-state index contributed by atoms with van der Waals surface area (Å²) in [6.45, 7) is 6.74. The van der Waals surface area contributed by atoms with Crippen molar-refractivity contribution in [3.8, 4) is 0 Å². The Kier molecular flexibility index (Phi) is 6.41. The molecule has 7 nitrogen and oxygen atoms in total. The van der Waals surface area contributed by atoms with Gasteiger partial charge in [0, 0.05) is 43.7 Å². The van der Waals surface area contributed by atoms with Crippen LogP contribution in [0.25, 0.3) is 0 Å². The van der Waals surface area contributed by atoms with Crippen molar-refractivity contribution in [2.45, 2.75) is 43.8 Å². The first-order valence-electron chi connectivity index (χ1n) is 11.2. The van der Waals surface area contributed by atoms with Gasteiger partial charge in [0.2, 0.25) is 0 Å². The normalized spacial score (nSPS) is 22.5. The van der Waals surface area contributed by atoms with Gasteiger partial charge in [-0.05, 0) is 44.0 Å². The van der Waals surface area contributed by atoms with Crippen LogP contribution < -0.4 is 5.73 Å². The van der Waals surface area contributed by atoms with Crippen molar-refractivity contribution in [3.63, 3.8) is 0 Å². The molecule has 2 aromatic rings. The molecular formula is C23H30F3N5O2. The number of nitrogens with two attached hydrogens (primary N) is 1. The van der Waals surface area contributed by atoms with E-state index in [4.69, 9.17) is 10.5 Å². The Morgan fingerprint density at radius 2 is 1.73 bits per heavy atom. The van der Waals surface area contributed by atoms with Gasteiger partial charge in [-0.3, -0.25) is 5.10 Å². The van der Waals surface area contributed by atoms with Gasteiger partial charge in [-0.25, -0.2) is 4.79 Å². The molecule has 3 N–H and O–H groups in total. The van der Waals surface area contributed by atoms with Gasteiger partial charge >= 0.3 is 12.2 Å². The number of carbonyl (C=O) groups is 1. The van der Waals surface area contributed by atoms with Gasteiger partial charge in [0.1, 0.15) is 0 Å². The first-order chi connectivity index (χ1) is 15.5. The number of aromatic amines is 1. The molecule has 1 aromatic carbocycles. The lowest BCUT2D eigenvalue weighted by molar-refractivity contribution is -0.137. The molecular weight excluding hydrogens is 435 g/mol. The molecule has 2 aliphatic rings. The number of halogens is 3. The van der Waals surface area contributed by atoms with Crippen LogP contribution in [-0.4, -0.2) is 65.4 Å². The van der Waals surface area contributed by atoms with E-state index in [-0.39, 0.29) is 17.9 Å². The summed E-state index contributed by atoms with van der Waals surface area (Å²) in [6, 6.07) is 7.12. The van der Waals surface area contributed by atoms with Gasteiger partial charge in [0.05, 0.1) is 30.0 Å². The number of hydrogen-bond donors (Lipinski definition) is 2. The van der Waals surface area contributed by atoms with Crippen LogP contribution in [0.5, 0.6) is 0 Å². The van der Waals surface area contributed by atoms with E-state index in [0.717, 1.165) is 29.1 Å². The predicted octanol–water partition coefficient (Wildman–Crippen LogP) is 3.65. The van der Waals surface area contributed by atoms with E-state index in [1.165, 1.54) is 12.1 Å². The summed E-state index contributed by atoms with van der Waals surface area (Å²) in [5, 5.41) is 7.43. The maximum atomic E-state index is 13.3. The molecule has 0 saturated carbocycles. The molecule has 4 rings (SSSR count). The first-order valence-corrected chi connectivity index (χ1v) is 11.2. The number of carbonyl (C=O) groups excluding carboxylic acids is 1. The third kappa shape index (κ3) is 5.33. The highest BCUT2D eigenvalue weighted by Gasteiger charge is 2.36. The minimum atomic E-state index is -4.38. The third-order valence-corrected chi connectivity index (χ3v) is 6.41. The number of nitrogens with zero attached hydrogens (tertiary/aromatic N) is 3. The van der Waals surface area contributed by atoms with E-state index >= 15 is 0 Å². The van der Waals surface area contributed by atoms with Gasteiger partial charge in [0.25, 0.3) is 0 Å². The highest BCUT2D eigenvalue weighted by Crippen LogP contribution is 2.37. The SMILES string of the molecule is CC(C)(N)c1cc(C2CC(c3ccc(C(F)(F)F)cc3)CN(C(=O)N3CCOCC3)C2)[nH]n1. The van der Waals surface area contributed by atoms with E-state index < -0.39 is 17.3 Å². The van der Waals surface area contributed by atoms with E-state index in [0.29, 0.717) is 45.8 Å². The minimum absolute atomic E-state index is 0.0420. The summed E-state index contributed by atoms with van der Waals surface area (Å²) in [6.07, 6.45) is -3.70. The standard InChI is InChI=1S/C23H30F3N5O2/c1-22(2,27)20-12-19(28-29-20)17-11-16(15-3-5-18(6-4-15)23(24,25)26)13-31(14-17)21(32)30-7-9-33-10-8-30/h3-6,12,16-17H,7-11,13-14,27H2,1-2H3,(H,28,29). The fourth-order valence-electron chi connectivity index (χ4n) is 4.50. The second-order valence-corrected chi connectivity index (χ2v) is 9.47. The van der Waals surface area contributed by atoms with Crippen LogP contribution >= 0.6 is 0 Å². The highest BCUT2D eigenvalue weighted by atomic mass is 19.4. The Hall–Kier alpha value is -2.59. The summed E-state index contributed by atoms with van der Waals surface area (Å²) < 4.78 is 44.4. The van der Waals surface area contributed by atoms with E-state index in [1.807, 2.05) is 19.9 Å². The fourth-order valence-corrected chi connectivity index (χ4v) is 4.50. The Balaban J connectivity index is 1.60. The maximum Gasteiger partial charge on any atom is 0.416 e. The number of aromatic nitrogens is 2. The molecule has 2 unspecified atom stereocenters. The Morgan fingerprint density at radius 3 is 2.30 bits per heavy atom. The first kappa shape index (κ1) is 23.6. The van der Waals surface area contributed by atoms with Crippen LogP contribution in [-0.2, 0) is 16.5 Å². The van der Waals surface area contributed by atoms with Crippen LogP contribution in [0.15, 0.2) is 30.3 Å². The number of ether oxygens (including phenoxy) is 1. The summed E-state index contributed by atoms with van der Waals surface area (Å²) >= 11 is 0. The summed E-state index contributed by atoms with van der Waals surface area (Å²) in [5.41, 5.74) is 7.27. The van der Waals surface area contributed by atoms with Crippen molar-refractivity contribution >= 4 is 6.03 Å². The topological polar surface area (TPSA) is 87.5 Å². The molecule has 2 saturated heterocycles. The van der Waals surface area contributed by atoms with Gasteiger partial charge in [-0.1, -0.05) is 12.1 Å². The number of H-pyrrole nitrogens is 1. The van der Waals surface area contributed by atoms with Gasteiger partial charge in [-0.15, -0.1) is 0 Å². The minimum Gasteiger partial charge on any atom is -0.378 e. The van der Waals surface area contributed by atoms with Crippen molar-refractivity contribution < 1.29 is 22.7 Å². The van der Waals surface area contributed by atoms with Crippen LogP contribution in [0.4, 0.5) is 18.0 Å². The van der Waals surface area contributed by atoms with Crippen LogP contribution in [0.2, 0.25) is 0 Å². The molecule has 0 spiro atoms. The third-order valence-electron chi connectivity index (χ3n) is 6.41. The lowest BCUT2D eigenvalue weighted by atomic mass is 9.82. The molecule has 2 fully saturated rings. The lowest BCUT2D eigenvalue weighted by Crippen LogP contribution is -2.52. The largest absolute Gasteiger partial charge is 0.416 e. The highest BCUT2D eigenvalue weighted by molar-refractivity contribution is 5.75. The average molecular weight is 466 g/mol. The quantitative estimate of drug-likeness (QED) is 0.725. The summed E-state index contributed by atoms with van der Waals surface area (Å²) in [4.78, 5) is 16.8. The van der Waals surface area contributed by atoms with Gasteiger partial charge < -0.3 is 20.3 Å².